The first kappa shape index (κ1) is 17.6. The largest absolute Gasteiger partial charge is 0.497 e. The van der Waals surface area contributed by atoms with E-state index in [4.69, 9.17) is 9.47 Å². The molecule has 1 heterocycles. The number of nitrogens with zero attached hydrogens (tertiary/aromatic N) is 1. The van der Waals surface area contributed by atoms with E-state index in [1.54, 1.807) is 31.2 Å². The van der Waals surface area contributed by atoms with Gasteiger partial charge in [0.25, 0.3) is 0 Å². The predicted molar refractivity (Wildman–Crippen MR) is 92.0 cm³/mol. The van der Waals surface area contributed by atoms with Crippen LogP contribution in [0.2, 0.25) is 0 Å². The standard InChI is InChI=1S/C19H15F2NO4/c1-3-26-19(24)14-10-22(11-4-6-12(25-2)7-5-11)17-9-16(21)15(20)8-13(17)18(14)23/h4-10H,3H2,1-2H3. The monoisotopic (exact) mass is 359 g/mol. The molecule has 0 amide bonds. The lowest BCUT2D eigenvalue weighted by Gasteiger charge is -2.14. The summed E-state index contributed by atoms with van der Waals surface area (Å²) in [4.78, 5) is 24.7. The number of carbonyl (C=O) groups excluding carboxylic acids is 1. The van der Waals surface area contributed by atoms with Crippen LogP contribution in [0.4, 0.5) is 8.78 Å². The number of halogens is 2. The van der Waals surface area contributed by atoms with E-state index >= 15 is 0 Å². The van der Waals surface area contributed by atoms with Crippen LogP contribution in [0, 0.1) is 11.6 Å². The zero-order chi connectivity index (χ0) is 18.8. The Kier molecular flexibility index (Phi) is 4.71. The summed E-state index contributed by atoms with van der Waals surface area (Å²) in [7, 11) is 1.51. The maximum atomic E-state index is 13.8. The Hall–Kier alpha value is -3.22. The molecule has 26 heavy (non-hydrogen) atoms. The van der Waals surface area contributed by atoms with Crippen molar-refractivity contribution in [2.24, 2.45) is 0 Å². The van der Waals surface area contributed by atoms with E-state index < -0.39 is 23.0 Å². The number of hydrogen-bond acceptors (Lipinski definition) is 4. The van der Waals surface area contributed by atoms with Crippen LogP contribution in [0.3, 0.4) is 0 Å². The van der Waals surface area contributed by atoms with Crippen molar-refractivity contribution in [2.75, 3.05) is 13.7 Å². The summed E-state index contributed by atoms with van der Waals surface area (Å²) in [6, 6.07) is 8.38. The van der Waals surface area contributed by atoms with Crippen LogP contribution in [0.5, 0.6) is 5.75 Å². The molecule has 1 aromatic heterocycles. The highest BCUT2D eigenvalue weighted by Gasteiger charge is 2.19. The fourth-order valence-electron chi connectivity index (χ4n) is 2.63. The molecule has 0 atom stereocenters. The summed E-state index contributed by atoms with van der Waals surface area (Å²) < 4.78 is 38.9. The van der Waals surface area contributed by atoms with Gasteiger partial charge >= 0.3 is 5.97 Å². The average molecular weight is 359 g/mol. The molecule has 0 saturated heterocycles. The minimum atomic E-state index is -1.17. The molecule has 0 fully saturated rings. The average Bonchev–Trinajstić information content (AvgIpc) is 2.64. The molecule has 0 spiro atoms. The molecule has 5 nitrogen and oxygen atoms in total. The zero-order valence-corrected chi connectivity index (χ0v) is 14.1. The highest BCUT2D eigenvalue weighted by atomic mass is 19.2. The number of aromatic nitrogens is 1. The van der Waals surface area contributed by atoms with Gasteiger partial charge in [0.15, 0.2) is 11.6 Å². The summed E-state index contributed by atoms with van der Waals surface area (Å²) in [5, 5.41) is -0.120. The number of pyridine rings is 1. The van der Waals surface area contributed by atoms with Gasteiger partial charge in [-0.3, -0.25) is 4.79 Å². The van der Waals surface area contributed by atoms with Gasteiger partial charge in [-0.05, 0) is 37.3 Å². The van der Waals surface area contributed by atoms with E-state index in [-0.39, 0.29) is 23.1 Å². The third-order valence-electron chi connectivity index (χ3n) is 3.89. The van der Waals surface area contributed by atoms with Crippen molar-refractivity contribution in [3.8, 4) is 11.4 Å². The van der Waals surface area contributed by atoms with Crippen molar-refractivity contribution in [3.63, 3.8) is 0 Å². The van der Waals surface area contributed by atoms with Crippen LogP contribution in [0.15, 0.2) is 47.4 Å². The van der Waals surface area contributed by atoms with E-state index in [0.717, 1.165) is 12.1 Å². The van der Waals surface area contributed by atoms with Crippen molar-refractivity contribution < 1.29 is 23.0 Å². The lowest BCUT2D eigenvalue weighted by molar-refractivity contribution is 0.0524. The molecule has 0 aliphatic carbocycles. The number of esters is 1. The van der Waals surface area contributed by atoms with Gasteiger partial charge in [-0.2, -0.15) is 0 Å². The van der Waals surface area contributed by atoms with Crippen LogP contribution in [-0.4, -0.2) is 24.3 Å². The lowest BCUT2D eigenvalue weighted by Crippen LogP contribution is -2.21. The number of carbonyl (C=O) groups is 1. The Morgan fingerprint density at radius 1 is 1.12 bits per heavy atom. The number of benzene rings is 2. The first-order valence-corrected chi connectivity index (χ1v) is 7.82. The third-order valence-corrected chi connectivity index (χ3v) is 3.89. The molecule has 2 aromatic carbocycles. The predicted octanol–water partition coefficient (Wildman–Crippen LogP) is 3.45. The van der Waals surface area contributed by atoms with Crippen LogP contribution in [-0.2, 0) is 4.74 Å². The molecule has 3 aromatic rings. The molecule has 0 aliphatic heterocycles. The lowest BCUT2D eigenvalue weighted by atomic mass is 10.1. The van der Waals surface area contributed by atoms with Gasteiger partial charge in [-0.15, -0.1) is 0 Å². The van der Waals surface area contributed by atoms with Gasteiger partial charge in [-0.25, -0.2) is 13.6 Å². The van der Waals surface area contributed by atoms with Gasteiger partial charge < -0.3 is 14.0 Å². The summed E-state index contributed by atoms with van der Waals surface area (Å²) in [6.07, 6.45) is 1.27. The number of hydrogen-bond donors (Lipinski definition) is 0. The van der Waals surface area contributed by atoms with Gasteiger partial charge in [-0.1, -0.05) is 0 Å². The minimum absolute atomic E-state index is 0.0800. The van der Waals surface area contributed by atoms with Crippen LogP contribution < -0.4 is 10.2 Å². The van der Waals surface area contributed by atoms with E-state index in [2.05, 4.69) is 0 Å². The fraction of sp³-hybridized carbons (Fsp3) is 0.158. The van der Waals surface area contributed by atoms with Crippen molar-refractivity contribution in [1.82, 2.24) is 4.57 Å². The quantitative estimate of drug-likeness (QED) is 0.670. The SMILES string of the molecule is CCOC(=O)c1cn(-c2ccc(OC)cc2)c2cc(F)c(F)cc2c1=O. The second kappa shape index (κ2) is 6.95. The molecule has 0 saturated carbocycles. The van der Waals surface area contributed by atoms with Gasteiger partial charge in [0.1, 0.15) is 11.3 Å². The maximum Gasteiger partial charge on any atom is 0.343 e. The molecule has 7 heteroatoms. The Morgan fingerprint density at radius 2 is 1.77 bits per heavy atom. The Bertz CT molecular complexity index is 1040. The van der Waals surface area contributed by atoms with E-state index in [1.807, 2.05) is 0 Å². The second-order valence-electron chi connectivity index (χ2n) is 5.44. The molecule has 134 valence electrons. The highest BCUT2D eigenvalue weighted by Crippen LogP contribution is 2.22. The molecule has 0 radical (unpaired) electrons. The molecular weight excluding hydrogens is 344 g/mol. The third kappa shape index (κ3) is 3.03. The molecule has 0 aliphatic rings. The highest BCUT2D eigenvalue weighted by molar-refractivity contribution is 5.94. The van der Waals surface area contributed by atoms with Gasteiger partial charge in [0.05, 0.1) is 24.6 Å². The number of fused-ring (bicyclic) bond motifs is 1. The number of rotatable bonds is 4. The van der Waals surface area contributed by atoms with Gasteiger partial charge in [0.2, 0.25) is 5.43 Å². The second-order valence-corrected chi connectivity index (χ2v) is 5.44. The maximum absolute atomic E-state index is 13.8. The molecule has 0 unspecified atom stereocenters. The normalized spacial score (nSPS) is 10.8. The zero-order valence-electron chi connectivity index (χ0n) is 14.1. The van der Waals surface area contributed by atoms with Crippen molar-refractivity contribution in [2.45, 2.75) is 6.92 Å². The Balaban J connectivity index is 2.34. The van der Waals surface area contributed by atoms with Crippen LogP contribution in [0.25, 0.3) is 16.6 Å². The molecular formula is C19H15F2NO4. The number of ether oxygens (including phenoxy) is 2. The first-order chi connectivity index (χ1) is 12.5. The van der Waals surface area contributed by atoms with Crippen molar-refractivity contribution in [1.29, 1.82) is 0 Å². The Morgan fingerprint density at radius 3 is 2.38 bits per heavy atom. The summed E-state index contributed by atoms with van der Waals surface area (Å²) in [5.74, 6) is -2.49. The van der Waals surface area contributed by atoms with E-state index in [0.29, 0.717) is 11.4 Å². The van der Waals surface area contributed by atoms with E-state index in [1.165, 1.54) is 17.9 Å². The molecule has 0 bridgehead atoms. The number of methoxy groups -OCH3 is 1. The summed E-state index contributed by atoms with van der Waals surface area (Å²) in [6.45, 7) is 1.69. The first-order valence-electron chi connectivity index (χ1n) is 7.82. The van der Waals surface area contributed by atoms with Crippen molar-refractivity contribution in [3.05, 3.63) is 70.0 Å². The molecule has 0 N–H and O–H groups in total. The van der Waals surface area contributed by atoms with Crippen LogP contribution >= 0.6 is 0 Å². The Labute approximate surface area is 147 Å². The van der Waals surface area contributed by atoms with Gasteiger partial charge in [0, 0.05) is 18.0 Å². The smallest absolute Gasteiger partial charge is 0.343 e. The minimum Gasteiger partial charge on any atom is -0.497 e. The fourth-order valence-corrected chi connectivity index (χ4v) is 2.63. The topological polar surface area (TPSA) is 57.5 Å². The van der Waals surface area contributed by atoms with Crippen molar-refractivity contribution >= 4 is 16.9 Å². The summed E-state index contributed by atoms with van der Waals surface area (Å²) in [5.41, 5.74) is -0.317. The van der Waals surface area contributed by atoms with E-state index in [9.17, 15) is 18.4 Å². The molecule has 3 rings (SSSR count). The summed E-state index contributed by atoms with van der Waals surface area (Å²) >= 11 is 0. The van der Waals surface area contributed by atoms with Crippen LogP contribution in [0.1, 0.15) is 17.3 Å².